The van der Waals surface area contributed by atoms with E-state index in [9.17, 15) is 4.39 Å². The van der Waals surface area contributed by atoms with Gasteiger partial charge in [0, 0.05) is 18.8 Å². The number of aromatic nitrogens is 2. The van der Waals surface area contributed by atoms with Gasteiger partial charge in [-0.3, -0.25) is 4.98 Å². The van der Waals surface area contributed by atoms with Crippen LogP contribution in [0.25, 0.3) is 0 Å². The number of hydrogen-bond acceptors (Lipinski definition) is 4. The standard InChI is InChI=1S/C12H12FN3O/c1-17-12-3-2-11(8-16-12)15-6-9-4-10(13)7-14-5-9/h2-5,7-8,15H,6H2,1H3. The zero-order valence-electron chi connectivity index (χ0n) is 9.35. The van der Waals surface area contributed by atoms with E-state index in [-0.39, 0.29) is 5.82 Å². The van der Waals surface area contributed by atoms with Gasteiger partial charge in [0.1, 0.15) is 5.82 Å². The lowest BCUT2D eigenvalue weighted by atomic mass is 10.3. The predicted molar refractivity (Wildman–Crippen MR) is 62.3 cm³/mol. The van der Waals surface area contributed by atoms with Crippen molar-refractivity contribution in [3.05, 3.63) is 48.2 Å². The molecule has 2 rings (SSSR count). The predicted octanol–water partition coefficient (Wildman–Crippen LogP) is 2.24. The number of rotatable bonds is 4. The second-order valence-corrected chi connectivity index (χ2v) is 3.45. The molecular formula is C12H12FN3O. The Morgan fingerprint density at radius 1 is 1.29 bits per heavy atom. The average molecular weight is 233 g/mol. The molecule has 5 heteroatoms. The highest BCUT2D eigenvalue weighted by molar-refractivity contribution is 5.42. The number of anilines is 1. The maximum atomic E-state index is 12.9. The highest BCUT2D eigenvalue weighted by atomic mass is 19.1. The molecule has 0 fully saturated rings. The van der Waals surface area contributed by atoms with Gasteiger partial charge in [-0.05, 0) is 17.7 Å². The van der Waals surface area contributed by atoms with Gasteiger partial charge < -0.3 is 10.1 Å². The Kier molecular flexibility index (Phi) is 3.49. The fourth-order valence-corrected chi connectivity index (χ4v) is 1.36. The number of hydrogen-bond donors (Lipinski definition) is 1. The van der Waals surface area contributed by atoms with Gasteiger partial charge in [0.2, 0.25) is 5.88 Å². The molecule has 0 aliphatic heterocycles. The third-order valence-corrected chi connectivity index (χ3v) is 2.20. The molecule has 4 nitrogen and oxygen atoms in total. The van der Waals surface area contributed by atoms with E-state index in [1.165, 1.54) is 12.3 Å². The van der Waals surface area contributed by atoms with E-state index >= 15 is 0 Å². The Bertz CT molecular complexity index is 487. The molecule has 17 heavy (non-hydrogen) atoms. The minimum Gasteiger partial charge on any atom is -0.481 e. The summed E-state index contributed by atoms with van der Waals surface area (Å²) in [5, 5.41) is 3.11. The minimum absolute atomic E-state index is 0.336. The third-order valence-electron chi connectivity index (χ3n) is 2.20. The van der Waals surface area contributed by atoms with Crippen LogP contribution in [-0.4, -0.2) is 17.1 Å². The molecule has 0 bridgehead atoms. The lowest BCUT2D eigenvalue weighted by Crippen LogP contribution is -2.01. The molecule has 1 N–H and O–H groups in total. The lowest BCUT2D eigenvalue weighted by Gasteiger charge is -2.06. The number of methoxy groups -OCH3 is 1. The van der Waals surface area contributed by atoms with E-state index in [0.717, 1.165) is 11.3 Å². The van der Waals surface area contributed by atoms with E-state index in [0.29, 0.717) is 12.4 Å². The van der Waals surface area contributed by atoms with Crippen LogP contribution >= 0.6 is 0 Å². The van der Waals surface area contributed by atoms with E-state index in [4.69, 9.17) is 4.74 Å². The normalized spacial score (nSPS) is 10.0. The van der Waals surface area contributed by atoms with Gasteiger partial charge in [0.15, 0.2) is 0 Å². The summed E-state index contributed by atoms with van der Waals surface area (Å²) >= 11 is 0. The maximum Gasteiger partial charge on any atom is 0.213 e. The molecule has 0 spiro atoms. The highest BCUT2D eigenvalue weighted by Gasteiger charge is 1.98. The van der Waals surface area contributed by atoms with Crippen LogP contribution in [-0.2, 0) is 6.54 Å². The van der Waals surface area contributed by atoms with Crippen LogP contribution < -0.4 is 10.1 Å². The molecule has 0 saturated carbocycles. The van der Waals surface area contributed by atoms with Crippen molar-refractivity contribution in [2.24, 2.45) is 0 Å². The molecule has 2 aromatic rings. The van der Waals surface area contributed by atoms with Crippen molar-refractivity contribution in [2.45, 2.75) is 6.54 Å². The Labute approximate surface area is 98.5 Å². The Hall–Kier alpha value is -2.17. The Morgan fingerprint density at radius 2 is 2.18 bits per heavy atom. The van der Waals surface area contributed by atoms with Crippen LogP contribution in [0.4, 0.5) is 10.1 Å². The summed E-state index contributed by atoms with van der Waals surface area (Å²) in [4.78, 5) is 7.83. The van der Waals surface area contributed by atoms with Crippen LogP contribution in [0.1, 0.15) is 5.56 Å². The molecule has 2 heterocycles. The molecule has 0 unspecified atom stereocenters. The van der Waals surface area contributed by atoms with Gasteiger partial charge in [-0.1, -0.05) is 0 Å². The summed E-state index contributed by atoms with van der Waals surface area (Å²) in [6.07, 6.45) is 4.46. The average Bonchev–Trinajstić information content (AvgIpc) is 2.37. The molecule has 2 aromatic heterocycles. The topological polar surface area (TPSA) is 47.0 Å². The Balaban J connectivity index is 1.97. The number of ether oxygens (including phenoxy) is 1. The second kappa shape index (κ2) is 5.25. The van der Waals surface area contributed by atoms with Crippen molar-refractivity contribution in [3.8, 4) is 5.88 Å². The van der Waals surface area contributed by atoms with Crippen molar-refractivity contribution < 1.29 is 9.13 Å². The SMILES string of the molecule is COc1ccc(NCc2cncc(F)c2)cn1. The van der Waals surface area contributed by atoms with Crippen LogP contribution in [0.5, 0.6) is 5.88 Å². The number of pyridine rings is 2. The van der Waals surface area contributed by atoms with Crippen LogP contribution in [0.15, 0.2) is 36.8 Å². The molecule has 0 saturated heterocycles. The van der Waals surface area contributed by atoms with Gasteiger partial charge >= 0.3 is 0 Å². The van der Waals surface area contributed by atoms with Gasteiger partial charge in [0.25, 0.3) is 0 Å². The molecule has 0 amide bonds. The van der Waals surface area contributed by atoms with Crippen molar-refractivity contribution in [3.63, 3.8) is 0 Å². The van der Waals surface area contributed by atoms with Crippen molar-refractivity contribution in [2.75, 3.05) is 12.4 Å². The van der Waals surface area contributed by atoms with Gasteiger partial charge in [-0.15, -0.1) is 0 Å². The highest BCUT2D eigenvalue weighted by Crippen LogP contribution is 2.12. The van der Waals surface area contributed by atoms with E-state index in [2.05, 4.69) is 15.3 Å². The molecule has 0 aliphatic rings. The Morgan fingerprint density at radius 3 is 2.82 bits per heavy atom. The van der Waals surface area contributed by atoms with E-state index in [1.807, 2.05) is 6.07 Å². The summed E-state index contributed by atoms with van der Waals surface area (Å²) in [5.41, 5.74) is 1.62. The first-order chi connectivity index (χ1) is 8.28. The lowest BCUT2D eigenvalue weighted by molar-refractivity contribution is 0.398. The summed E-state index contributed by atoms with van der Waals surface area (Å²) in [6.45, 7) is 0.499. The zero-order valence-corrected chi connectivity index (χ0v) is 9.35. The minimum atomic E-state index is -0.336. The number of nitrogens with one attached hydrogen (secondary N) is 1. The molecule has 0 aromatic carbocycles. The second-order valence-electron chi connectivity index (χ2n) is 3.45. The van der Waals surface area contributed by atoms with Crippen molar-refractivity contribution in [1.82, 2.24) is 9.97 Å². The van der Waals surface area contributed by atoms with Gasteiger partial charge in [-0.25, -0.2) is 9.37 Å². The fourth-order valence-electron chi connectivity index (χ4n) is 1.36. The molecular weight excluding hydrogens is 221 g/mol. The summed E-state index contributed by atoms with van der Waals surface area (Å²) < 4.78 is 17.8. The first kappa shape index (κ1) is 11.3. The van der Waals surface area contributed by atoms with Crippen molar-refractivity contribution in [1.29, 1.82) is 0 Å². The molecule has 88 valence electrons. The molecule has 0 atom stereocenters. The quantitative estimate of drug-likeness (QED) is 0.879. The largest absolute Gasteiger partial charge is 0.481 e. The third kappa shape index (κ3) is 3.14. The van der Waals surface area contributed by atoms with Gasteiger partial charge in [0.05, 0.1) is 25.2 Å². The summed E-state index contributed by atoms with van der Waals surface area (Å²) in [5.74, 6) is 0.222. The van der Waals surface area contributed by atoms with Crippen LogP contribution in [0.3, 0.4) is 0 Å². The number of halogens is 1. The van der Waals surface area contributed by atoms with E-state index < -0.39 is 0 Å². The zero-order chi connectivity index (χ0) is 12.1. The van der Waals surface area contributed by atoms with Gasteiger partial charge in [-0.2, -0.15) is 0 Å². The van der Waals surface area contributed by atoms with Crippen LogP contribution in [0.2, 0.25) is 0 Å². The van der Waals surface area contributed by atoms with Crippen LogP contribution in [0, 0.1) is 5.82 Å². The summed E-state index contributed by atoms with van der Waals surface area (Å²) in [7, 11) is 1.56. The first-order valence-electron chi connectivity index (χ1n) is 5.11. The summed E-state index contributed by atoms with van der Waals surface area (Å²) in [6, 6.07) is 5.04. The fraction of sp³-hybridized carbons (Fsp3) is 0.167. The molecule has 0 radical (unpaired) electrons. The first-order valence-corrected chi connectivity index (χ1v) is 5.11. The van der Waals surface area contributed by atoms with Crippen molar-refractivity contribution >= 4 is 5.69 Å². The smallest absolute Gasteiger partial charge is 0.213 e. The number of nitrogens with zero attached hydrogens (tertiary/aromatic N) is 2. The van der Waals surface area contributed by atoms with E-state index in [1.54, 1.807) is 25.6 Å². The molecule has 0 aliphatic carbocycles. The maximum absolute atomic E-state index is 12.9. The monoisotopic (exact) mass is 233 g/mol.